The molecule has 0 amide bonds. The first-order chi connectivity index (χ1) is 10.8. The summed E-state index contributed by atoms with van der Waals surface area (Å²) in [6.45, 7) is 1.89. The quantitative estimate of drug-likeness (QED) is 0.677. The van der Waals surface area contributed by atoms with E-state index in [9.17, 15) is 4.79 Å². The molecule has 0 fully saturated rings. The lowest BCUT2D eigenvalue weighted by molar-refractivity contribution is 0.0436. The zero-order chi connectivity index (χ0) is 15.4. The van der Waals surface area contributed by atoms with Crippen LogP contribution in [0.1, 0.15) is 29.1 Å². The van der Waals surface area contributed by atoms with Gasteiger partial charge in [-0.25, -0.2) is 4.79 Å². The normalized spacial score (nSPS) is 10.6. The molecule has 0 atom stereocenters. The number of hydrogen-bond donors (Lipinski definition) is 0. The molecule has 112 valence electrons. The van der Waals surface area contributed by atoms with Gasteiger partial charge in [0.25, 0.3) is 5.89 Å². The van der Waals surface area contributed by atoms with Crippen LogP contribution in [0.2, 0.25) is 0 Å². The van der Waals surface area contributed by atoms with Gasteiger partial charge in [-0.2, -0.15) is 0 Å². The third kappa shape index (κ3) is 3.06. The van der Waals surface area contributed by atoms with E-state index in [0.29, 0.717) is 23.8 Å². The number of rotatable bonds is 5. The van der Waals surface area contributed by atoms with Crippen molar-refractivity contribution in [2.24, 2.45) is 0 Å². The Kier molecular flexibility index (Phi) is 4.00. The Balaban J connectivity index is 1.62. The lowest BCUT2D eigenvalue weighted by atomic mass is 10.2. The minimum Gasteiger partial charge on any atom is -0.452 e. The van der Waals surface area contributed by atoms with E-state index >= 15 is 0 Å². The van der Waals surface area contributed by atoms with E-state index in [1.807, 2.05) is 48.1 Å². The fourth-order valence-electron chi connectivity index (χ4n) is 1.98. The van der Waals surface area contributed by atoms with Crippen LogP contribution in [-0.2, 0) is 17.8 Å². The summed E-state index contributed by atoms with van der Waals surface area (Å²) in [4.78, 5) is 12.0. The number of aryl methyl sites for hydroxylation is 1. The standard InChI is InChI=1S/C16H15N3O3/c1-2-14-17-18-15(22-14)11-21-16(20)12-5-7-13(8-6-12)19-9-3-4-10-19/h3-10H,2,11H2,1H3. The van der Waals surface area contributed by atoms with E-state index in [2.05, 4.69) is 10.2 Å². The van der Waals surface area contributed by atoms with E-state index in [-0.39, 0.29) is 6.61 Å². The highest BCUT2D eigenvalue weighted by Crippen LogP contribution is 2.12. The summed E-state index contributed by atoms with van der Waals surface area (Å²) in [5.74, 6) is 0.409. The van der Waals surface area contributed by atoms with Gasteiger partial charge in [0.15, 0.2) is 6.61 Å². The fraction of sp³-hybridized carbons (Fsp3) is 0.188. The number of ether oxygens (including phenoxy) is 1. The number of aromatic nitrogens is 3. The maximum atomic E-state index is 12.0. The first-order valence-electron chi connectivity index (χ1n) is 6.98. The average molecular weight is 297 g/mol. The average Bonchev–Trinajstić information content (AvgIpc) is 3.24. The van der Waals surface area contributed by atoms with Gasteiger partial charge in [0.05, 0.1) is 5.56 Å². The summed E-state index contributed by atoms with van der Waals surface area (Å²) < 4.78 is 12.4. The van der Waals surface area contributed by atoms with Crippen molar-refractivity contribution in [1.82, 2.24) is 14.8 Å². The molecule has 6 heteroatoms. The number of carbonyl (C=O) groups excluding carboxylic acids is 1. The number of nitrogens with zero attached hydrogens (tertiary/aromatic N) is 3. The smallest absolute Gasteiger partial charge is 0.338 e. The molecular formula is C16H15N3O3. The van der Waals surface area contributed by atoms with Crippen molar-refractivity contribution < 1.29 is 13.9 Å². The van der Waals surface area contributed by atoms with Gasteiger partial charge in [0.1, 0.15) is 0 Å². The monoisotopic (exact) mass is 297 g/mol. The molecule has 0 N–H and O–H groups in total. The van der Waals surface area contributed by atoms with E-state index < -0.39 is 5.97 Å². The van der Waals surface area contributed by atoms with Crippen molar-refractivity contribution in [1.29, 1.82) is 0 Å². The SMILES string of the molecule is CCc1nnc(COC(=O)c2ccc(-n3cccc3)cc2)o1. The molecule has 3 aromatic rings. The van der Waals surface area contributed by atoms with Gasteiger partial charge in [-0.1, -0.05) is 6.92 Å². The van der Waals surface area contributed by atoms with Crippen molar-refractivity contribution in [3.8, 4) is 5.69 Å². The zero-order valence-electron chi connectivity index (χ0n) is 12.1. The molecule has 0 bridgehead atoms. The van der Waals surface area contributed by atoms with Gasteiger partial charge < -0.3 is 13.7 Å². The number of carbonyl (C=O) groups is 1. The largest absolute Gasteiger partial charge is 0.452 e. The molecule has 0 unspecified atom stereocenters. The van der Waals surface area contributed by atoms with Crippen molar-refractivity contribution >= 4 is 5.97 Å². The van der Waals surface area contributed by atoms with Gasteiger partial charge in [-0.05, 0) is 36.4 Å². The summed E-state index contributed by atoms with van der Waals surface area (Å²) in [6.07, 6.45) is 4.53. The molecule has 0 radical (unpaired) electrons. The maximum absolute atomic E-state index is 12.0. The first kappa shape index (κ1) is 14.1. The summed E-state index contributed by atoms with van der Waals surface area (Å²) in [5.41, 5.74) is 1.46. The van der Waals surface area contributed by atoms with Crippen LogP contribution in [0.3, 0.4) is 0 Å². The minimum atomic E-state index is -0.421. The molecule has 2 aromatic heterocycles. The molecule has 1 aromatic carbocycles. The second kappa shape index (κ2) is 6.26. The molecule has 22 heavy (non-hydrogen) atoms. The molecule has 0 aliphatic carbocycles. The highest BCUT2D eigenvalue weighted by Gasteiger charge is 2.11. The van der Waals surface area contributed by atoms with Crippen LogP contribution >= 0.6 is 0 Å². The van der Waals surface area contributed by atoms with Crippen LogP contribution in [0.5, 0.6) is 0 Å². The molecular weight excluding hydrogens is 282 g/mol. The second-order valence-corrected chi connectivity index (χ2v) is 4.66. The van der Waals surface area contributed by atoms with Gasteiger partial charge in [0, 0.05) is 24.5 Å². The molecule has 0 aliphatic heterocycles. The van der Waals surface area contributed by atoms with Crippen LogP contribution in [0.15, 0.2) is 53.2 Å². The maximum Gasteiger partial charge on any atom is 0.338 e. The number of esters is 1. The summed E-state index contributed by atoms with van der Waals surface area (Å²) in [6, 6.07) is 11.1. The lowest BCUT2D eigenvalue weighted by Crippen LogP contribution is -2.05. The molecule has 3 rings (SSSR count). The Morgan fingerprint density at radius 3 is 2.45 bits per heavy atom. The van der Waals surface area contributed by atoms with Gasteiger partial charge >= 0.3 is 5.97 Å². The molecule has 0 spiro atoms. The van der Waals surface area contributed by atoms with Crippen molar-refractivity contribution in [2.75, 3.05) is 0 Å². The van der Waals surface area contributed by atoms with Crippen molar-refractivity contribution in [3.05, 3.63) is 66.1 Å². The third-order valence-corrected chi connectivity index (χ3v) is 3.14. The molecule has 2 heterocycles. The Bertz CT molecular complexity index is 745. The van der Waals surface area contributed by atoms with Gasteiger partial charge in [0.2, 0.25) is 5.89 Å². The topological polar surface area (TPSA) is 70.2 Å². The number of hydrogen-bond acceptors (Lipinski definition) is 5. The lowest BCUT2D eigenvalue weighted by Gasteiger charge is -2.05. The van der Waals surface area contributed by atoms with Gasteiger partial charge in [-0.15, -0.1) is 10.2 Å². The Labute approximate surface area is 127 Å². The second-order valence-electron chi connectivity index (χ2n) is 4.66. The molecule has 0 saturated heterocycles. The molecule has 0 saturated carbocycles. The van der Waals surface area contributed by atoms with E-state index in [4.69, 9.17) is 9.15 Å². The highest BCUT2D eigenvalue weighted by molar-refractivity contribution is 5.89. The van der Waals surface area contributed by atoms with Gasteiger partial charge in [-0.3, -0.25) is 0 Å². The number of benzene rings is 1. The summed E-state index contributed by atoms with van der Waals surface area (Å²) >= 11 is 0. The van der Waals surface area contributed by atoms with Crippen LogP contribution in [0.25, 0.3) is 5.69 Å². The van der Waals surface area contributed by atoms with E-state index in [0.717, 1.165) is 5.69 Å². The zero-order valence-corrected chi connectivity index (χ0v) is 12.1. The molecule has 0 aliphatic rings. The van der Waals surface area contributed by atoms with Crippen LogP contribution in [0, 0.1) is 0 Å². The predicted octanol–water partition coefficient (Wildman–Crippen LogP) is 2.78. The van der Waals surface area contributed by atoms with Crippen LogP contribution in [0.4, 0.5) is 0 Å². The Hall–Kier alpha value is -2.89. The first-order valence-corrected chi connectivity index (χ1v) is 6.98. The third-order valence-electron chi connectivity index (χ3n) is 3.14. The Morgan fingerprint density at radius 2 is 1.82 bits per heavy atom. The van der Waals surface area contributed by atoms with Crippen LogP contribution < -0.4 is 0 Å². The van der Waals surface area contributed by atoms with E-state index in [1.165, 1.54) is 0 Å². The van der Waals surface area contributed by atoms with Crippen molar-refractivity contribution in [2.45, 2.75) is 20.0 Å². The van der Waals surface area contributed by atoms with Crippen molar-refractivity contribution in [3.63, 3.8) is 0 Å². The molecule has 6 nitrogen and oxygen atoms in total. The predicted molar refractivity (Wildman–Crippen MR) is 78.6 cm³/mol. The minimum absolute atomic E-state index is 0.0226. The summed E-state index contributed by atoms with van der Waals surface area (Å²) in [7, 11) is 0. The van der Waals surface area contributed by atoms with Crippen LogP contribution in [-0.4, -0.2) is 20.7 Å². The Morgan fingerprint density at radius 1 is 1.14 bits per heavy atom. The fourth-order valence-corrected chi connectivity index (χ4v) is 1.98. The highest BCUT2D eigenvalue weighted by atomic mass is 16.5. The van der Waals surface area contributed by atoms with E-state index in [1.54, 1.807) is 12.1 Å². The summed E-state index contributed by atoms with van der Waals surface area (Å²) in [5, 5.41) is 7.62.